The fraction of sp³-hybridized carbons (Fsp3) is 0.538. The minimum absolute atomic E-state index is 0.0389. The van der Waals surface area contributed by atoms with Gasteiger partial charge in [0.15, 0.2) is 0 Å². The van der Waals surface area contributed by atoms with E-state index in [4.69, 9.17) is 21.1 Å². The van der Waals surface area contributed by atoms with Crippen molar-refractivity contribution in [3.05, 3.63) is 23.2 Å². The van der Waals surface area contributed by atoms with Crippen LogP contribution in [0.4, 0.5) is 0 Å². The van der Waals surface area contributed by atoms with Crippen LogP contribution in [0.25, 0.3) is 0 Å². The summed E-state index contributed by atoms with van der Waals surface area (Å²) in [7, 11) is -3.57. The van der Waals surface area contributed by atoms with Crippen molar-refractivity contribution in [2.45, 2.75) is 30.8 Å². The van der Waals surface area contributed by atoms with Gasteiger partial charge in [-0.15, -0.1) is 0 Å². The lowest BCUT2D eigenvalue weighted by molar-refractivity contribution is 0.114. The lowest BCUT2D eigenvalue weighted by Crippen LogP contribution is -2.31. The molecule has 1 fully saturated rings. The molecule has 2 rings (SSSR count). The number of nitrogens with one attached hydrogen (secondary N) is 1. The lowest BCUT2D eigenvalue weighted by Gasteiger charge is -2.12. The molecule has 0 unspecified atom stereocenters. The van der Waals surface area contributed by atoms with E-state index in [0.29, 0.717) is 19.0 Å². The number of hydrogen-bond acceptors (Lipinski definition) is 4. The molecule has 0 aliphatic carbocycles. The monoisotopic (exact) mass is 319 g/mol. The van der Waals surface area contributed by atoms with Crippen LogP contribution in [0.2, 0.25) is 5.02 Å². The average Bonchev–Trinajstić information content (AvgIpc) is 2.92. The molecule has 112 valence electrons. The van der Waals surface area contributed by atoms with Crippen molar-refractivity contribution < 1.29 is 17.9 Å². The summed E-state index contributed by atoms with van der Waals surface area (Å²) in [5.74, 6) is 0.479. The second-order valence-electron chi connectivity index (χ2n) is 4.51. The third-order valence-corrected chi connectivity index (χ3v) is 4.76. The van der Waals surface area contributed by atoms with Crippen LogP contribution in [-0.2, 0) is 14.8 Å². The number of benzene rings is 1. The molecule has 0 bridgehead atoms. The van der Waals surface area contributed by atoms with Crippen LogP contribution in [0.3, 0.4) is 0 Å². The van der Waals surface area contributed by atoms with E-state index in [1.807, 2.05) is 6.92 Å². The van der Waals surface area contributed by atoms with Gasteiger partial charge in [0, 0.05) is 13.2 Å². The zero-order chi connectivity index (χ0) is 14.6. The van der Waals surface area contributed by atoms with E-state index in [2.05, 4.69) is 4.72 Å². The van der Waals surface area contributed by atoms with Gasteiger partial charge in [-0.1, -0.05) is 11.6 Å². The van der Waals surface area contributed by atoms with Crippen LogP contribution >= 0.6 is 11.6 Å². The molecule has 0 amide bonds. The van der Waals surface area contributed by atoms with Crippen molar-refractivity contribution in [2.24, 2.45) is 0 Å². The van der Waals surface area contributed by atoms with Crippen LogP contribution in [0.15, 0.2) is 23.1 Å². The summed E-state index contributed by atoms with van der Waals surface area (Å²) in [6.07, 6.45) is 1.82. The van der Waals surface area contributed by atoms with Gasteiger partial charge < -0.3 is 9.47 Å². The van der Waals surface area contributed by atoms with Gasteiger partial charge in [-0.05, 0) is 38.0 Å². The first-order valence-corrected chi connectivity index (χ1v) is 8.42. The predicted octanol–water partition coefficient (Wildman–Crippen LogP) is 2.20. The summed E-state index contributed by atoms with van der Waals surface area (Å²) >= 11 is 6.00. The molecule has 20 heavy (non-hydrogen) atoms. The maximum absolute atomic E-state index is 12.1. The number of hydrogen-bond donors (Lipinski definition) is 1. The molecule has 1 atom stereocenters. The molecule has 5 nitrogen and oxygen atoms in total. The smallest absolute Gasteiger partial charge is 0.240 e. The van der Waals surface area contributed by atoms with Gasteiger partial charge in [-0.25, -0.2) is 13.1 Å². The summed E-state index contributed by atoms with van der Waals surface area (Å²) < 4.78 is 37.5. The molecule has 0 radical (unpaired) electrons. The first-order chi connectivity index (χ1) is 9.53. The third kappa shape index (κ3) is 3.85. The highest BCUT2D eigenvalue weighted by atomic mass is 35.5. The zero-order valence-electron chi connectivity index (χ0n) is 11.3. The normalized spacial score (nSPS) is 19.2. The van der Waals surface area contributed by atoms with E-state index >= 15 is 0 Å². The quantitative estimate of drug-likeness (QED) is 0.873. The molecule has 1 heterocycles. The molecule has 7 heteroatoms. The van der Waals surface area contributed by atoms with Crippen LogP contribution in [0, 0.1) is 0 Å². The Hall–Kier alpha value is -0.820. The molecule has 1 aromatic carbocycles. The largest absolute Gasteiger partial charge is 0.492 e. The molecule has 0 saturated carbocycles. The minimum atomic E-state index is -3.57. The van der Waals surface area contributed by atoms with Crippen LogP contribution < -0.4 is 9.46 Å². The summed E-state index contributed by atoms with van der Waals surface area (Å²) in [6.45, 7) is 3.29. The number of sulfonamides is 1. The molecule has 1 aliphatic heterocycles. The summed E-state index contributed by atoms with van der Waals surface area (Å²) in [4.78, 5) is 0.129. The molecule has 0 spiro atoms. The lowest BCUT2D eigenvalue weighted by atomic mass is 10.2. The van der Waals surface area contributed by atoms with E-state index < -0.39 is 10.0 Å². The first-order valence-electron chi connectivity index (χ1n) is 6.56. The Labute approximate surface area is 124 Å². The van der Waals surface area contributed by atoms with Gasteiger partial charge >= 0.3 is 0 Å². The highest BCUT2D eigenvalue weighted by molar-refractivity contribution is 7.89. The Bertz CT molecular complexity index is 555. The van der Waals surface area contributed by atoms with E-state index in [0.717, 1.165) is 12.8 Å². The fourth-order valence-corrected chi connectivity index (χ4v) is 3.40. The second kappa shape index (κ2) is 6.76. The Morgan fingerprint density at radius 3 is 2.90 bits per heavy atom. The maximum atomic E-state index is 12.1. The fourth-order valence-electron chi connectivity index (χ4n) is 2.01. The number of ether oxygens (including phenoxy) is 2. The van der Waals surface area contributed by atoms with Gasteiger partial charge in [-0.3, -0.25) is 0 Å². The first kappa shape index (κ1) is 15.6. The Balaban J connectivity index is 2.06. The summed E-state index contributed by atoms with van der Waals surface area (Å²) in [5, 5.41) is 0.284. The Morgan fingerprint density at radius 2 is 2.30 bits per heavy atom. The van der Waals surface area contributed by atoms with E-state index in [1.54, 1.807) is 6.07 Å². The number of rotatable bonds is 6. The molecule has 1 N–H and O–H groups in total. The van der Waals surface area contributed by atoms with Gasteiger partial charge in [-0.2, -0.15) is 0 Å². The maximum Gasteiger partial charge on any atom is 0.240 e. The predicted molar refractivity (Wildman–Crippen MR) is 76.8 cm³/mol. The van der Waals surface area contributed by atoms with Crippen molar-refractivity contribution in [3.63, 3.8) is 0 Å². The van der Waals surface area contributed by atoms with Gasteiger partial charge in [0.05, 0.1) is 22.6 Å². The van der Waals surface area contributed by atoms with Crippen molar-refractivity contribution in [1.29, 1.82) is 0 Å². The van der Waals surface area contributed by atoms with Crippen molar-refractivity contribution in [2.75, 3.05) is 19.8 Å². The van der Waals surface area contributed by atoms with Gasteiger partial charge in [0.1, 0.15) is 5.75 Å². The third-order valence-electron chi connectivity index (χ3n) is 3.04. The van der Waals surface area contributed by atoms with Crippen LogP contribution in [0.1, 0.15) is 19.8 Å². The highest BCUT2D eigenvalue weighted by Crippen LogP contribution is 2.27. The summed E-state index contributed by atoms with van der Waals surface area (Å²) in [5.41, 5.74) is 0. The van der Waals surface area contributed by atoms with Crippen molar-refractivity contribution in [3.8, 4) is 5.75 Å². The number of halogens is 1. The van der Waals surface area contributed by atoms with Gasteiger partial charge in [0.2, 0.25) is 10.0 Å². The standard InChI is InChI=1S/C13H18ClNO4S/c1-2-18-13-6-5-11(8-12(13)14)20(16,17)15-9-10-4-3-7-19-10/h5-6,8,10,15H,2-4,7,9H2,1H3/t10-/m1/s1. The Kier molecular flexibility index (Phi) is 5.26. The van der Waals surface area contributed by atoms with E-state index in [-0.39, 0.29) is 22.6 Å². The Morgan fingerprint density at radius 1 is 1.50 bits per heavy atom. The van der Waals surface area contributed by atoms with Crippen LogP contribution in [0.5, 0.6) is 5.75 Å². The van der Waals surface area contributed by atoms with Crippen molar-refractivity contribution in [1.82, 2.24) is 4.72 Å². The van der Waals surface area contributed by atoms with E-state index in [9.17, 15) is 8.42 Å². The SMILES string of the molecule is CCOc1ccc(S(=O)(=O)NC[C@H]2CCCO2)cc1Cl. The molecular formula is C13H18ClNO4S. The average molecular weight is 320 g/mol. The van der Waals surface area contributed by atoms with Crippen molar-refractivity contribution >= 4 is 21.6 Å². The molecule has 1 aromatic rings. The topological polar surface area (TPSA) is 64.6 Å². The highest BCUT2D eigenvalue weighted by Gasteiger charge is 2.21. The van der Waals surface area contributed by atoms with Crippen LogP contribution in [-0.4, -0.2) is 34.3 Å². The molecular weight excluding hydrogens is 302 g/mol. The zero-order valence-corrected chi connectivity index (χ0v) is 12.8. The summed E-state index contributed by atoms with van der Waals surface area (Å²) in [6, 6.07) is 4.44. The minimum Gasteiger partial charge on any atom is -0.492 e. The molecule has 1 aliphatic rings. The van der Waals surface area contributed by atoms with Gasteiger partial charge in [0.25, 0.3) is 0 Å². The molecule has 1 saturated heterocycles. The second-order valence-corrected chi connectivity index (χ2v) is 6.69. The van der Waals surface area contributed by atoms with E-state index in [1.165, 1.54) is 12.1 Å². The molecule has 0 aromatic heterocycles.